The Morgan fingerprint density at radius 2 is 1.92 bits per heavy atom. The Morgan fingerprint density at radius 1 is 1.12 bits per heavy atom. The zero-order chi connectivity index (χ0) is 17.2. The quantitative estimate of drug-likeness (QED) is 0.720. The van der Waals surface area contributed by atoms with Crippen molar-refractivity contribution in [1.82, 2.24) is 24.7 Å². The molecule has 0 saturated carbocycles. The van der Waals surface area contributed by atoms with Crippen LogP contribution >= 0.6 is 0 Å². The zero-order valence-electron chi connectivity index (χ0n) is 13.9. The highest BCUT2D eigenvalue weighted by Gasteiger charge is 2.28. The molecule has 1 aliphatic heterocycles. The summed E-state index contributed by atoms with van der Waals surface area (Å²) >= 11 is 0. The number of aryl methyl sites for hydroxylation is 1. The van der Waals surface area contributed by atoms with Crippen molar-refractivity contribution in [1.29, 1.82) is 0 Å². The Balaban J connectivity index is 1.46. The molecule has 0 N–H and O–H groups in total. The van der Waals surface area contributed by atoms with E-state index in [1.54, 1.807) is 35.5 Å². The predicted octanol–water partition coefficient (Wildman–Crippen LogP) is 1.54. The highest BCUT2D eigenvalue weighted by atomic mass is 16.1. The predicted molar refractivity (Wildman–Crippen MR) is 94.2 cm³/mol. The molecule has 0 atom stereocenters. The summed E-state index contributed by atoms with van der Waals surface area (Å²) in [5.74, 6) is 1.32. The van der Waals surface area contributed by atoms with Crippen LogP contribution in [0, 0.1) is 12.8 Å². The van der Waals surface area contributed by atoms with Gasteiger partial charge in [0.25, 0.3) is 5.56 Å². The van der Waals surface area contributed by atoms with E-state index in [4.69, 9.17) is 0 Å². The molecule has 1 aliphatic rings. The zero-order valence-corrected chi connectivity index (χ0v) is 13.9. The number of nitrogens with zero attached hydrogens (tertiary/aromatic N) is 6. The summed E-state index contributed by atoms with van der Waals surface area (Å²) in [6.07, 6.45) is 5.03. The van der Waals surface area contributed by atoms with Gasteiger partial charge in [0.05, 0.1) is 12.2 Å². The molecule has 7 heteroatoms. The molecule has 0 radical (unpaired) electrons. The van der Waals surface area contributed by atoms with Crippen LogP contribution in [-0.2, 0) is 6.54 Å². The number of anilines is 1. The standard InChI is InChI=1S/C18H18N6O/c1-13-8-17(21-12-20-13)23-9-14(10-23)11-24-18(25)3-2-16(22-24)15-4-6-19-7-5-15/h2-8,12,14H,9-11H2,1H3. The Labute approximate surface area is 145 Å². The molecular formula is C18H18N6O. The topological polar surface area (TPSA) is 76.8 Å². The van der Waals surface area contributed by atoms with Crippen molar-refractivity contribution in [3.05, 3.63) is 65.1 Å². The highest BCUT2D eigenvalue weighted by Crippen LogP contribution is 2.23. The van der Waals surface area contributed by atoms with Gasteiger partial charge in [-0.1, -0.05) is 0 Å². The number of pyridine rings is 1. The molecule has 1 fully saturated rings. The lowest BCUT2D eigenvalue weighted by Crippen LogP contribution is -2.50. The molecule has 0 bridgehead atoms. The van der Waals surface area contributed by atoms with Crippen molar-refractivity contribution in [3.63, 3.8) is 0 Å². The van der Waals surface area contributed by atoms with Gasteiger partial charge in [0.15, 0.2) is 0 Å². The van der Waals surface area contributed by atoms with Gasteiger partial charge in [0.2, 0.25) is 0 Å². The third-order valence-electron chi connectivity index (χ3n) is 4.34. The molecule has 0 aromatic carbocycles. The number of aromatic nitrogens is 5. The van der Waals surface area contributed by atoms with Crippen LogP contribution in [0.1, 0.15) is 5.69 Å². The van der Waals surface area contributed by atoms with E-state index in [-0.39, 0.29) is 5.56 Å². The van der Waals surface area contributed by atoms with E-state index >= 15 is 0 Å². The molecule has 126 valence electrons. The minimum atomic E-state index is -0.0749. The van der Waals surface area contributed by atoms with E-state index in [0.717, 1.165) is 35.9 Å². The molecule has 3 aromatic heterocycles. The maximum absolute atomic E-state index is 12.1. The second kappa shape index (κ2) is 6.43. The van der Waals surface area contributed by atoms with Crippen molar-refractivity contribution in [2.45, 2.75) is 13.5 Å². The first kappa shape index (κ1) is 15.4. The maximum atomic E-state index is 12.1. The van der Waals surface area contributed by atoms with Gasteiger partial charge >= 0.3 is 0 Å². The van der Waals surface area contributed by atoms with Crippen molar-refractivity contribution >= 4 is 5.82 Å². The van der Waals surface area contributed by atoms with Gasteiger partial charge in [-0.2, -0.15) is 5.10 Å². The van der Waals surface area contributed by atoms with Crippen LogP contribution in [0.15, 0.2) is 53.8 Å². The SMILES string of the molecule is Cc1cc(N2CC(Cn3nc(-c4ccncc4)ccc3=O)C2)ncn1. The minimum Gasteiger partial charge on any atom is -0.356 e. The van der Waals surface area contributed by atoms with Gasteiger partial charge in [0, 0.05) is 54.8 Å². The van der Waals surface area contributed by atoms with Gasteiger partial charge in [-0.25, -0.2) is 14.6 Å². The highest BCUT2D eigenvalue weighted by molar-refractivity contribution is 5.57. The number of rotatable bonds is 4. The van der Waals surface area contributed by atoms with Crippen LogP contribution < -0.4 is 10.5 Å². The summed E-state index contributed by atoms with van der Waals surface area (Å²) in [6.45, 7) is 4.29. The molecule has 7 nitrogen and oxygen atoms in total. The maximum Gasteiger partial charge on any atom is 0.266 e. The Kier molecular flexibility index (Phi) is 3.97. The van der Waals surface area contributed by atoms with Crippen LogP contribution in [0.2, 0.25) is 0 Å². The van der Waals surface area contributed by atoms with Gasteiger partial charge in [-0.05, 0) is 25.1 Å². The van der Waals surface area contributed by atoms with Gasteiger partial charge in [0.1, 0.15) is 12.1 Å². The van der Waals surface area contributed by atoms with Gasteiger partial charge in [-0.3, -0.25) is 9.78 Å². The fourth-order valence-corrected chi connectivity index (χ4v) is 2.99. The molecule has 4 heterocycles. The monoisotopic (exact) mass is 334 g/mol. The summed E-state index contributed by atoms with van der Waals surface area (Å²) in [5, 5.41) is 4.51. The van der Waals surface area contributed by atoms with Crippen molar-refractivity contribution < 1.29 is 0 Å². The molecule has 0 amide bonds. The lowest BCUT2D eigenvalue weighted by atomic mass is 10.0. The average molecular weight is 334 g/mol. The molecule has 0 spiro atoms. The molecule has 0 unspecified atom stereocenters. The van der Waals surface area contributed by atoms with Crippen LogP contribution in [0.25, 0.3) is 11.3 Å². The smallest absolute Gasteiger partial charge is 0.266 e. The summed E-state index contributed by atoms with van der Waals surface area (Å²) in [4.78, 5) is 26.8. The van der Waals surface area contributed by atoms with Crippen LogP contribution in [0.3, 0.4) is 0 Å². The number of hydrogen-bond acceptors (Lipinski definition) is 6. The Bertz CT molecular complexity index is 934. The summed E-state index contributed by atoms with van der Waals surface area (Å²) in [5.41, 5.74) is 2.62. The first-order valence-corrected chi connectivity index (χ1v) is 8.21. The lowest BCUT2D eigenvalue weighted by Gasteiger charge is -2.40. The van der Waals surface area contributed by atoms with Gasteiger partial charge < -0.3 is 4.90 Å². The van der Waals surface area contributed by atoms with E-state index in [2.05, 4.69) is 25.0 Å². The van der Waals surface area contributed by atoms with Crippen molar-refractivity contribution in [2.75, 3.05) is 18.0 Å². The van der Waals surface area contributed by atoms with Crippen molar-refractivity contribution in [2.24, 2.45) is 5.92 Å². The first-order valence-electron chi connectivity index (χ1n) is 8.21. The summed E-state index contributed by atoms with van der Waals surface area (Å²) in [7, 11) is 0. The second-order valence-electron chi connectivity index (χ2n) is 6.26. The molecule has 1 saturated heterocycles. The minimum absolute atomic E-state index is 0.0749. The fraction of sp³-hybridized carbons (Fsp3) is 0.278. The summed E-state index contributed by atoms with van der Waals surface area (Å²) in [6, 6.07) is 9.09. The van der Waals surface area contributed by atoms with E-state index < -0.39 is 0 Å². The normalized spacial score (nSPS) is 14.4. The third kappa shape index (κ3) is 3.26. The number of hydrogen-bond donors (Lipinski definition) is 0. The van der Waals surface area contributed by atoms with E-state index in [1.807, 2.05) is 25.1 Å². The summed E-state index contributed by atoms with van der Waals surface area (Å²) < 4.78 is 1.56. The van der Waals surface area contributed by atoms with E-state index in [9.17, 15) is 4.79 Å². The fourth-order valence-electron chi connectivity index (χ4n) is 2.99. The Hall–Kier alpha value is -3.09. The molecule has 3 aromatic rings. The van der Waals surface area contributed by atoms with Gasteiger partial charge in [-0.15, -0.1) is 0 Å². The molecule has 25 heavy (non-hydrogen) atoms. The van der Waals surface area contributed by atoms with Crippen LogP contribution in [-0.4, -0.2) is 37.8 Å². The van der Waals surface area contributed by atoms with Crippen LogP contribution in [0.5, 0.6) is 0 Å². The van der Waals surface area contributed by atoms with E-state index in [1.165, 1.54) is 0 Å². The second-order valence-corrected chi connectivity index (χ2v) is 6.26. The molecule has 4 rings (SSSR count). The van der Waals surface area contributed by atoms with E-state index in [0.29, 0.717) is 12.5 Å². The Morgan fingerprint density at radius 3 is 2.68 bits per heavy atom. The lowest BCUT2D eigenvalue weighted by molar-refractivity contribution is 0.333. The first-order chi connectivity index (χ1) is 12.2. The molecular weight excluding hydrogens is 316 g/mol. The van der Waals surface area contributed by atoms with Crippen molar-refractivity contribution in [3.8, 4) is 11.3 Å². The third-order valence-corrected chi connectivity index (χ3v) is 4.34. The largest absolute Gasteiger partial charge is 0.356 e. The van der Waals surface area contributed by atoms with Crippen LogP contribution in [0.4, 0.5) is 5.82 Å². The molecule has 0 aliphatic carbocycles. The average Bonchev–Trinajstić information content (AvgIpc) is 2.60.